The van der Waals surface area contributed by atoms with Crippen LogP contribution in [0.4, 0.5) is 4.39 Å². The summed E-state index contributed by atoms with van der Waals surface area (Å²) in [5.74, 6) is 4.64. The highest BCUT2D eigenvalue weighted by molar-refractivity contribution is 7.11. The van der Waals surface area contributed by atoms with Crippen LogP contribution in [0.3, 0.4) is 0 Å². The van der Waals surface area contributed by atoms with Crippen molar-refractivity contribution in [2.75, 3.05) is 6.54 Å². The first-order valence-corrected chi connectivity index (χ1v) is 7.24. The summed E-state index contributed by atoms with van der Waals surface area (Å²) in [6.07, 6.45) is 0. The number of hydrogen-bond acceptors (Lipinski definition) is 3. The Hall–Kier alpha value is -2.16. The number of benzene rings is 1. The highest BCUT2D eigenvalue weighted by Gasteiger charge is 2.11. The van der Waals surface area contributed by atoms with Gasteiger partial charge in [-0.1, -0.05) is 11.8 Å². The molecule has 108 valence electrons. The number of nitrogens with one attached hydrogen (secondary N) is 1. The monoisotopic (exact) mass is 302 g/mol. The zero-order valence-corrected chi connectivity index (χ0v) is 12.4. The Morgan fingerprint density at radius 3 is 2.86 bits per heavy atom. The SMILES string of the molecule is Cc1ccc(CNC(=O)c2cc(F)ccc2C#CCN)s1. The van der Waals surface area contributed by atoms with Gasteiger partial charge in [0.05, 0.1) is 18.7 Å². The van der Waals surface area contributed by atoms with Gasteiger partial charge in [0.2, 0.25) is 0 Å². The van der Waals surface area contributed by atoms with Gasteiger partial charge in [0, 0.05) is 15.3 Å². The first kappa shape index (κ1) is 15.2. The number of carbonyl (C=O) groups excluding carboxylic acids is 1. The van der Waals surface area contributed by atoms with Crippen LogP contribution in [0.2, 0.25) is 0 Å². The van der Waals surface area contributed by atoms with Crippen molar-refractivity contribution in [3.8, 4) is 11.8 Å². The van der Waals surface area contributed by atoms with E-state index >= 15 is 0 Å². The van der Waals surface area contributed by atoms with E-state index in [1.54, 1.807) is 11.3 Å². The van der Waals surface area contributed by atoms with Crippen molar-refractivity contribution in [1.29, 1.82) is 0 Å². The van der Waals surface area contributed by atoms with Crippen LogP contribution in [0.1, 0.15) is 25.7 Å². The molecule has 0 aliphatic carbocycles. The second-order valence-electron chi connectivity index (χ2n) is 4.39. The smallest absolute Gasteiger partial charge is 0.252 e. The van der Waals surface area contributed by atoms with E-state index in [2.05, 4.69) is 17.2 Å². The summed E-state index contributed by atoms with van der Waals surface area (Å²) in [6, 6.07) is 7.91. The van der Waals surface area contributed by atoms with Gasteiger partial charge in [0.15, 0.2) is 0 Å². The predicted octanol–water partition coefficient (Wildman–Crippen LogP) is 2.44. The number of rotatable bonds is 3. The Morgan fingerprint density at radius 1 is 1.38 bits per heavy atom. The lowest BCUT2D eigenvalue weighted by molar-refractivity contribution is 0.0950. The maximum absolute atomic E-state index is 13.3. The van der Waals surface area contributed by atoms with Crippen molar-refractivity contribution in [3.63, 3.8) is 0 Å². The van der Waals surface area contributed by atoms with E-state index in [4.69, 9.17) is 5.73 Å². The third kappa shape index (κ3) is 4.15. The molecule has 3 nitrogen and oxygen atoms in total. The fraction of sp³-hybridized carbons (Fsp3) is 0.188. The summed E-state index contributed by atoms with van der Waals surface area (Å²) in [6.45, 7) is 2.60. The van der Waals surface area contributed by atoms with Crippen molar-refractivity contribution in [2.45, 2.75) is 13.5 Å². The van der Waals surface area contributed by atoms with Gasteiger partial charge in [-0.05, 0) is 37.3 Å². The zero-order valence-electron chi connectivity index (χ0n) is 11.6. The number of hydrogen-bond donors (Lipinski definition) is 2. The first-order valence-electron chi connectivity index (χ1n) is 6.42. The molecule has 0 fully saturated rings. The van der Waals surface area contributed by atoms with Gasteiger partial charge in [-0.25, -0.2) is 4.39 Å². The summed E-state index contributed by atoms with van der Waals surface area (Å²) in [5.41, 5.74) is 6.02. The molecular weight excluding hydrogens is 287 g/mol. The van der Waals surface area contributed by atoms with Crippen molar-refractivity contribution in [3.05, 3.63) is 57.0 Å². The molecule has 0 saturated heterocycles. The van der Waals surface area contributed by atoms with Crippen LogP contribution in [0.25, 0.3) is 0 Å². The Labute approximate surface area is 127 Å². The first-order chi connectivity index (χ1) is 10.1. The van der Waals surface area contributed by atoms with E-state index < -0.39 is 5.82 Å². The van der Waals surface area contributed by atoms with E-state index in [-0.39, 0.29) is 18.0 Å². The Balaban J connectivity index is 2.15. The standard InChI is InChI=1S/C16H15FN2OS/c1-11-4-7-14(21-11)10-19-16(20)15-9-13(17)6-5-12(15)3-2-8-18/h4-7,9H,8,10,18H2,1H3,(H,19,20). The Morgan fingerprint density at radius 2 is 2.19 bits per heavy atom. The van der Waals surface area contributed by atoms with E-state index in [1.165, 1.54) is 23.1 Å². The molecule has 1 aromatic carbocycles. The second kappa shape index (κ2) is 7.02. The lowest BCUT2D eigenvalue weighted by atomic mass is 10.1. The number of aryl methyl sites for hydroxylation is 1. The number of carbonyl (C=O) groups is 1. The Bertz CT molecular complexity index is 713. The molecule has 0 atom stereocenters. The molecular formula is C16H15FN2OS. The van der Waals surface area contributed by atoms with Crippen molar-refractivity contribution in [1.82, 2.24) is 5.32 Å². The van der Waals surface area contributed by atoms with Gasteiger partial charge >= 0.3 is 0 Å². The maximum atomic E-state index is 13.3. The number of thiophene rings is 1. The van der Waals surface area contributed by atoms with Crippen molar-refractivity contribution in [2.24, 2.45) is 5.73 Å². The van der Waals surface area contributed by atoms with E-state index in [0.29, 0.717) is 12.1 Å². The van der Waals surface area contributed by atoms with Crippen molar-refractivity contribution >= 4 is 17.2 Å². The average molecular weight is 302 g/mol. The molecule has 0 aliphatic heterocycles. The van der Waals surface area contributed by atoms with Crippen LogP contribution in [0, 0.1) is 24.6 Å². The molecule has 5 heteroatoms. The lowest BCUT2D eigenvalue weighted by Crippen LogP contribution is -2.23. The topological polar surface area (TPSA) is 55.1 Å². The van der Waals surface area contributed by atoms with Gasteiger partial charge in [-0.2, -0.15) is 0 Å². The largest absolute Gasteiger partial charge is 0.347 e. The molecule has 1 heterocycles. The van der Waals surface area contributed by atoms with E-state index in [1.807, 2.05) is 19.1 Å². The minimum Gasteiger partial charge on any atom is -0.347 e. The number of halogens is 1. The molecule has 0 bridgehead atoms. The summed E-state index contributed by atoms with van der Waals surface area (Å²) < 4.78 is 13.3. The summed E-state index contributed by atoms with van der Waals surface area (Å²) in [5, 5.41) is 2.78. The molecule has 1 amide bonds. The summed E-state index contributed by atoms with van der Waals surface area (Å²) >= 11 is 1.61. The quantitative estimate of drug-likeness (QED) is 0.856. The minimum absolute atomic E-state index is 0.187. The summed E-state index contributed by atoms with van der Waals surface area (Å²) in [4.78, 5) is 14.4. The normalized spacial score (nSPS) is 9.86. The van der Waals surface area contributed by atoms with Gasteiger partial charge in [0.25, 0.3) is 5.91 Å². The molecule has 2 aromatic rings. The molecule has 2 rings (SSSR count). The molecule has 3 N–H and O–H groups in total. The van der Waals surface area contributed by atoms with Gasteiger partial charge < -0.3 is 11.1 Å². The van der Waals surface area contributed by atoms with Crippen LogP contribution in [-0.4, -0.2) is 12.5 Å². The fourth-order valence-corrected chi connectivity index (χ4v) is 2.63. The summed E-state index contributed by atoms with van der Waals surface area (Å²) in [7, 11) is 0. The van der Waals surface area contributed by atoms with E-state index in [9.17, 15) is 9.18 Å². The predicted molar refractivity (Wildman–Crippen MR) is 82.6 cm³/mol. The van der Waals surface area contributed by atoms with Crippen LogP contribution in [0.15, 0.2) is 30.3 Å². The number of amides is 1. The molecule has 0 spiro atoms. The highest BCUT2D eigenvalue weighted by atomic mass is 32.1. The molecule has 0 aliphatic rings. The van der Waals surface area contributed by atoms with Gasteiger partial charge in [0.1, 0.15) is 5.82 Å². The minimum atomic E-state index is -0.467. The molecule has 1 aromatic heterocycles. The Kier molecular flexibility index (Phi) is 5.09. The van der Waals surface area contributed by atoms with E-state index in [0.717, 1.165) is 4.88 Å². The zero-order chi connectivity index (χ0) is 15.2. The van der Waals surface area contributed by atoms with Crippen LogP contribution in [0.5, 0.6) is 0 Å². The van der Waals surface area contributed by atoms with Gasteiger partial charge in [-0.3, -0.25) is 4.79 Å². The molecule has 0 unspecified atom stereocenters. The average Bonchev–Trinajstić information content (AvgIpc) is 2.89. The van der Waals surface area contributed by atoms with Crippen LogP contribution in [-0.2, 0) is 6.54 Å². The molecule has 21 heavy (non-hydrogen) atoms. The van der Waals surface area contributed by atoms with Gasteiger partial charge in [-0.15, -0.1) is 11.3 Å². The maximum Gasteiger partial charge on any atom is 0.252 e. The second-order valence-corrected chi connectivity index (χ2v) is 5.76. The lowest BCUT2D eigenvalue weighted by Gasteiger charge is -2.06. The van der Waals surface area contributed by atoms with Crippen LogP contribution >= 0.6 is 11.3 Å². The number of nitrogens with two attached hydrogens (primary N) is 1. The molecule has 0 saturated carbocycles. The molecule has 0 radical (unpaired) electrons. The third-order valence-electron chi connectivity index (χ3n) is 2.77. The van der Waals surface area contributed by atoms with Crippen molar-refractivity contribution < 1.29 is 9.18 Å². The fourth-order valence-electron chi connectivity index (χ4n) is 1.80. The third-order valence-corrected chi connectivity index (χ3v) is 3.77. The highest BCUT2D eigenvalue weighted by Crippen LogP contribution is 2.15. The van der Waals surface area contributed by atoms with Crippen LogP contribution < -0.4 is 11.1 Å².